The number of hydrazine groups is 1. The molecule has 4 nitrogen and oxygen atoms in total. The molecule has 1 saturated carbocycles. The second kappa shape index (κ2) is 6.13. The van der Waals surface area contributed by atoms with Gasteiger partial charge < -0.3 is 16.0 Å². The number of rotatable bonds is 4. The summed E-state index contributed by atoms with van der Waals surface area (Å²) in [5.41, 5.74) is 2.55. The Morgan fingerprint density at radius 2 is 2.38 bits per heavy atom. The fourth-order valence-electron chi connectivity index (χ4n) is 3.10. The van der Waals surface area contributed by atoms with Crippen LogP contribution in [0.3, 0.4) is 0 Å². The number of nitrogens with two attached hydrogens (primary N) is 1. The zero-order chi connectivity index (χ0) is 10.8. The number of carbonyl (C=O) groups is 1. The van der Waals surface area contributed by atoms with Gasteiger partial charge in [0.25, 0.3) is 0 Å². The first-order valence-electron chi connectivity index (χ1n) is 5.69. The number of nitrogens with one attached hydrogen (secondary N) is 1. The number of carbonyl (C=O) groups excluding carboxylic acids is 1. The van der Waals surface area contributed by atoms with Gasteiger partial charge in [-0.2, -0.15) is 6.42 Å². The Bertz CT molecular complexity index is 250. The first-order chi connectivity index (χ1) is 7.22. The third-order valence-electron chi connectivity index (χ3n) is 3.81. The summed E-state index contributed by atoms with van der Waals surface area (Å²) in [5, 5.41) is 0. The van der Waals surface area contributed by atoms with Crippen molar-refractivity contribution in [2.45, 2.75) is 38.7 Å². The molecule has 0 aromatic rings. The number of hydrogen-bond donors (Lipinski definition) is 2. The average molecular weight is 395 g/mol. The summed E-state index contributed by atoms with van der Waals surface area (Å²) in [6, 6.07) is 0. The summed E-state index contributed by atoms with van der Waals surface area (Å²) < 4.78 is 5.30. The van der Waals surface area contributed by atoms with Crippen LogP contribution in [0.2, 0.25) is 0 Å². The number of fused-ring (bicyclic) bond motifs is 1. The fourth-order valence-corrected chi connectivity index (χ4v) is 3.10. The van der Waals surface area contributed by atoms with Gasteiger partial charge in [0.2, 0.25) is 0 Å². The van der Waals surface area contributed by atoms with Crippen LogP contribution < -0.4 is 11.3 Å². The first kappa shape index (κ1) is 14.1. The van der Waals surface area contributed by atoms with Gasteiger partial charge in [-0.3, -0.25) is 11.3 Å². The molecule has 0 spiro atoms. The van der Waals surface area contributed by atoms with Gasteiger partial charge in [0.15, 0.2) is 0 Å². The molecule has 1 aliphatic carbocycles. The van der Waals surface area contributed by atoms with Gasteiger partial charge in [-0.05, 0) is 18.3 Å². The van der Waals surface area contributed by atoms with Crippen molar-refractivity contribution in [2.75, 3.05) is 0 Å². The Morgan fingerprint density at radius 3 is 3.06 bits per heavy atom. The van der Waals surface area contributed by atoms with Crippen LogP contribution in [-0.2, 0) is 30.6 Å². The molecule has 0 aromatic heterocycles. The van der Waals surface area contributed by atoms with E-state index < -0.39 is 0 Å². The second-order valence-corrected chi connectivity index (χ2v) is 4.72. The standard InChI is InChI=1S/C11H19N2O2.W/c1-7-5-10-9(6-11(14)15-10)8(7)3-2-4-13-12;/h4,7-10,13H,2-3,5-6,12H2,1H3;/q-1;/t7-,8+,9-,10+;/m1./s1. The van der Waals surface area contributed by atoms with E-state index in [0.29, 0.717) is 24.2 Å². The number of esters is 1. The van der Waals surface area contributed by atoms with E-state index in [4.69, 9.17) is 10.6 Å². The van der Waals surface area contributed by atoms with E-state index in [1.54, 1.807) is 0 Å². The van der Waals surface area contributed by atoms with E-state index in [1.807, 2.05) is 6.54 Å². The molecule has 0 amide bonds. The van der Waals surface area contributed by atoms with Crippen molar-refractivity contribution >= 4 is 5.97 Å². The van der Waals surface area contributed by atoms with Gasteiger partial charge in [-0.25, -0.2) is 0 Å². The molecule has 2 fully saturated rings. The quantitative estimate of drug-likeness (QED) is 0.245. The maximum atomic E-state index is 11.2. The molecular formula is C11H19N2O2W-. The Labute approximate surface area is 111 Å². The fraction of sp³-hybridized carbons (Fsp3) is 0.818. The average Bonchev–Trinajstić information content (AvgIpc) is 2.65. The van der Waals surface area contributed by atoms with E-state index in [9.17, 15) is 4.79 Å². The third kappa shape index (κ3) is 2.85. The van der Waals surface area contributed by atoms with Crippen LogP contribution in [-0.4, -0.2) is 12.1 Å². The Balaban J connectivity index is 0.00000128. The van der Waals surface area contributed by atoms with Gasteiger partial charge in [0.05, 0.1) is 6.42 Å². The Morgan fingerprint density at radius 1 is 1.62 bits per heavy atom. The molecule has 92 valence electrons. The molecule has 0 radical (unpaired) electrons. The molecule has 5 heteroatoms. The third-order valence-corrected chi connectivity index (χ3v) is 3.81. The Hall–Kier alpha value is 0.0783. The van der Waals surface area contributed by atoms with Crippen molar-refractivity contribution in [1.82, 2.24) is 5.43 Å². The van der Waals surface area contributed by atoms with Crippen molar-refractivity contribution in [2.24, 2.45) is 23.6 Å². The summed E-state index contributed by atoms with van der Waals surface area (Å²) in [6.07, 6.45) is 3.92. The van der Waals surface area contributed by atoms with Gasteiger partial charge >= 0.3 is 5.97 Å². The van der Waals surface area contributed by atoms with Crippen LogP contribution in [0.4, 0.5) is 0 Å². The van der Waals surface area contributed by atoms with Gasteiger partial charge in [-0.1, -0.05) is 13.3 Å². The summed E-state index contributed by atoms with van der Waals surface area (Å²) in [6.45, 7) is 4.13. The summed E-state index contributed by atoms with van der Waals surface area (Å²) in [5.74, 6) is 6.92. The smallest absolute Gasteiger partial charge is 0.306 e. The molecule has 1 heterocycles. The summed E-state index contributed by atoms with van der Waals surface area (Å²) in [4.78, 5) is 11.2. The molecule has 2 aliphatic rings. The summed E-state index contributed by atoms with van der Waals surface area (Å²) in [7, 11) is 0. The van der Waals surface area contributed by atoms with Crippen molar-refractivity contribution < 1.29 is 30.6 Å². The van der Waals surface area contributed by atoms with Crippen LogP contribution in [0.5, 0.6) is 0 Å². The molecule has 4 atom stereocenters. The minimum atomic E-state index is -0.0113. The molecule has 16 heavy (non-hydrogen) atoms. The maximum Gasteiger partial charge on any atom is 0.306 e. The van der Waals surface area contributed by atoms with Crippen LogP contribution in [0.15, 0.2) is 0 Å². The first-order valence-corrected chi connectivity index (χ1v) is 5.69. The van der Waals surface area contributed by atoms with Crippen molar-refractivity contribution in [1.29, 1.82) is 0 Å². The molecule has 0 unspecified atom stereocenters. The van der Waals surface area contributed by atoms with Crippen LogP contribution >= 0.6 is 0 Å². The van der Waals surface area contributed by atoms with Crippen LogP contribution in [0, 0.1) is 24.3 Å². The molecule has 2 rings (SSSR count). The van der Waals surface area contributed by atoms with Gasteiger partial charge in [0, 0.05) is 27.0 Å². The van der Waals surface area contributed by atoms with Crippen molar-refractivity contribution in [3.63, 3.8) is 0 Å². The number of hydrogen-bond acceptors (Lipinski definition) is 4. The second-order valence-electron chi connectivity index (χ2n) is 4.72. The predicted octanol–water partition coefficient (Wildman–Crippen LogP) is 0.977. The molecule has 0 bridgehead atoms. The zero-order valence-electron chi connectivity index (χ0n) is 9.52. The Kier molecular flexibility index (Phi) is 5.42. The van der Waals surface area contributed by atoms with Crippen LogP contribution in [0.1, 0.15) is 32.6 Å². The largest absolute Gasteiger partial charge is 0.462 e. The monoisotopic (exact) mass is 395 g/mol. The normalized spacial score (nSPS) is 36.8. The van der Waals surface area contributed by atoms with E-state index in [1.165, 1.54) is 0 Å². The summed E-state index contributed by atoms with van der Waals surface area (Å²) >= 11 is 0. The zero-order valence-corrected chi connectivity index (χ0v) is 12.5. The van der Waals surface area contributed by atoms with E-state index >= 15 is 0 Å². The minimum Gasteiger partial charge on any atom is -0.462 e. The topological polar surface area (TPSA) is 64.3 Å². The van der Waals surface area contributed by atoms with E-state index in [2.05, 4.69) is 12.3 Å². The minimum absolute atomic E-state index is 0. The van der Waals surface area contributed by atoms with Gasteiger partial charge in [0.1, 0.15) is 6.10 Å². The van der Waals surface area contributed by atoms with Crippen LogP contribution in [0.25, 0.3) is 0 Å². The molecule has 3 N–H and O–H groups in total. The molecule has 0 aromatic carbocycles. The van der Waals surface area contributed by atoms with Crippen molar-refractivity contribution in [3.05, 3.63) is 6.54 Å². The SMILES string of the molecule is C[C@@H]1C[C@@H]2OC(=O)C[C@@H]2[C@H]1CC[CH-]NN.[W]. The van der Waals surface area contributed by atoms with Crippen molar-refractivity contribution in [3.8, 4) is 0 Å². The van der Waals surface area contributed by atoms with E-state index in [0.717, 1.165) is 19.3 Å². The molecule has 1 aliphatic heterocycles. The molecular weight excluding hydrogens is 376 g/mol. The maximum absolute atomic E-state index is 11.2. The predicted molar refractivity (Wildman–Crippen MR) is 56.1 cm³/mol. The van der Waals surface area contributed by atoms with Gasteiger partial charge in [-0.15, -0.1) is 0 Å². The molecule has 1 saturated heterocycles. The van der Waals surface area contributed by atoms with E-state index in [-0.39, 0.29) is 33.1 Å². The number of ether oxygens (including phenoxy) is 1.